The second-order valence-corrected chi connectivity index (χ2v) is 2.81. The molecule has 6 N–H and O–H groups in total. The molecule has 0 aliphatic rings. The molecule has 14 heavy (non-hydrogen) atoms. The van der Waals surface area contributed by atoms with Gasteiger partial charge in [0, 0.05) is 7.05 Å². The first-order chi connectivity index (χ1) is 6.54. The molecule has 0 saturated carbocycles. The molecular formula is C7H19NO6+2. The molecule has 7 heteroatoms. The molecule has 0 aromatic carbocycles. The molecular weight excluding hydrogens is 194 g/mol. The van der Waals surface area contributed by atoms with Gasteiger partial charge in [0.1, 0.15) is 24.4 Å². The molecule has 0 saturated heterocycles. The van der Waals surface area contributed by atoms with Crippen LogP contribution in [0.25, 0.3) is 0 Å². The van der Waals surface area contributed by atoms with Gasteiger partial charge in [-0.25, -0.2) is 5.48 Å². The predicted molar refractivity (Wildman–Crippen MR) is 48.3 cm³/mol. The Morgan fingerprint density at radius 3 is 2.07 bits per heavy atom. The van der Waals surface area contributed by atoms with Crippen LogP contribution in [0.4, 0.5) is 0 Å². The van der Waals surface area contributed by atoms with Gasteiger partial charge >= 0.3 is 2.85 Å². The van der Waals surface area contributed by atoms with Crippen molar-refractivity contribution in [3.63, 3.8) is 0 Å². The summed E-state index contributed by atoms with van der Waals surface area (Å²) in [6.45, 7) is -0.940. The zero-order valence-corrected chi connectivity index (χ0v) is 7.87. The zero-order valence-electron chi connectivity index (χ0n) is 9.87. The van der Waals surface area contributed by atoms with E-state index in [2.05, 4.69) is 10.3 Å². The summed E-state index contributed by atoms with van der Waals surface area (Å²) in [6.07, 6.45) is -6.03. The van der Waals surface area contributed by atoms with Crippen molar-refractivity contribution in [2.75, 3.05) is 20.3 Å². The summed E-state index contributed by atoms with van der Waals surface area (Å²) < 4.78 is 0. The molecule has 86 valence electrons. The highest BCUT2D eigenvalue weighted by molar-refractivity contribution is 4.80. The Kier molecular flexibility index (Phi) is 6.93. The summed E-state index contributed by atoms with van der Waals surface area (Å²) in [7, 11) is 1.47. The van der Waals surface area contributed by atoms with Crippen LogP contribution in [0.3, 0.4) is 0 Å². The lowest BCUT2D eigenvalue weighted by atomic mass is 10.0. The number of rotatable bonds is 7. The summed E-state index contributed by atoms with van der Waals surface area (Å²) >= 11 is 0. The van der Waals surface area contributed by atoms with Crippen LogP contribution >= 0.6 is 0 Å². The Hall–Kier alpha value is -0.280. The highest BCUT2D eigenvalue weighted by Gasteiger charge is 2.29. The molecule has 0 radical (unpaired) electrons. The maximum atomic E-state index is 9.24. The highest BCUT2D eigenvalue weighted by atomic mass is 16.6. The van der Waals surface area contributed by atoms with Gasteiger partial charge in [0.05, 0.1) is 13.2 Å². The van der Waals surface area contributed by atoms with E-state index in [0.717, 1.165) is 0 Å². The quantitative estimate of drug-likeness (QED) is 0.246. The van der Waals surface area contributed by atoms with Gasteiger partial charge in [-0.2, -0.15) is 0 Å². The normalized spacial score (nSPS) is 20.1. The van der Waals surface area contributed by atoms with Crippen molar-refractivity contribution in [2.45, 2.75) is 24.4 Å². The van der Waals surface area contributed by atoms with E-state index >= 15 is 0 Å². The van der Waals surface area contributed by atoms with Gasteiger partial charge in [0.25, 0.3) is 0 Å². The number of aliphatic hydroxyl groups is 5. The van der Waals surface area contributed by atoms with Crippen LogP contribution in [0.2, 0.25) is 0 Å². The zero-order chi connectivity index (χ0) is 11.1. The Labute approximate surface area is 84.5 Å². The SMILES string of the molecule is CNOC[C@H](O)[C@@H](O)[C@H](O)[C@H](O)CO.[H+].[H+]. The maximum absolute atomic E-state index is 9.24. The van der Waals surface area contributed by atoms with Gasteiger partial charge in [-0.3, -0.25) is 4.84 Å². The predicted octanol–water partition coefficient (Wildman–Crippen LogP) is -3.20. The minimum absolute atomic E-state index is 0. The fraction of sp³-hybridized carbons (Fsp3) is 1.00. The lowest BCUT2D eigenvalue weighted by molar-refractivity contribution is -0.135. The highest BCUT2D eigenvalue weighted by Crippen LogP contribution is 2.04. The molecule has 0 aliphatic carbocycles. The van der Waals surface area contributed by atoms with Crippen LogP contribution in [0, 0.1) is 0 Å². The lowest BCUT2D eigenvalue weighted by Gasteiger charge is -2.25. The lowest BCUT2D eigenvalue weighted by Crippen LogP contribution is -2.47. The second-order valence-electron chi connectivity index (χ2n) is 2.81. The summed E-state index contributed by atoms with van der Waals surface area (Å²) in [5, 5.41) is 45.0. The molecule has 0 aliphatic heterocycles. The topological polar surface area (TPSA) is 122 Å². The van der Waals surface area contributed by atoms with Crippen molar-refractivity contribution >= 4 is 0 Å². The van der Waals surface area contributed by atoms with Gasteiger partial charge in [0.2, 0.25) is 0 Å². The Morgan fingerprint density at radius 1 is 1.14 bits per heavy atom. The fourth-order valence-corrected chi connectivity index (χ4v) is 0.831. The first-order valence-corrected chi connectivity index (χ1v) is 4.16. The summed E-state index contributed by atoms with van der Waals surface area (Å²) in [5.74, 6) is 0. The molecule has 0 bridgehead atoms. The van der Waals surface area contributed by atoms with Crippen LogP contribution < -0.4 is 5.48 Å². The molecule has 0 aromatic rings. The van der Waals surface area contributed by atoms with Crippen molar-refractivity contribution < 1.29 is 33.2 Å². The van der Waals surface area contributed by atoms with Crippen molar-refractivity contribution in [2.24, 2.45) is 0 Å². The van der Waals surface area contributed by atoms with E-state index in [9.17, 15) is 10.2 Å². The Morgan fingerprint density at radius 2 is 1.64 bits per heavy atom. The molecule has 0 rings (SSSR count). The summed E-state index contributed by atoms with van der Waals surface area (Å²) in [4.78, 5) is 4.56. The minimum Gasteiger partial charge on any atom is -0.394 e. The van der Waals surface area contributed by atoms with E-state index in [0.29, 0.717) is 0 Å². The molecule has 0 amide bonds. The van der Waals surface area contributed by atoms with Crippen molar-refractivity contribution in [3.8, 4) is 0 Å². The van der Waals surface area contributed by atoms with E-state index in [4.69, 9.17) is 15.3 Å². The molecule has 0 unspecified atom stereocenters. The van der Waals surface area contributed by atoms with Crippen molar-refractivity contribution in [1.82, 2.24) is 5.48 Å². The third kappa shape index (κ3) is 4.29. The maximum Gasteiger partial charge on any atom is 1.00 e. The van der Waals surface area contributed by atoms with Gasteiger partial charge < -0.3 is 25.5 Å². The Bertz CT molecular complexity index is 155. The number of hydrogen-bond acceptors (Lipinski definition) is 7. The van der Waals surface area contributed by atoms with E-state index in [1.165, 1.54) is 7.05 Å². The van der Waals surface area contributed by atoms with E-state index in [1.807, 2.05) is 0 Å². The first kappa shape index (κ1) is 13.7. The summed E-state index contributed by atoms with van der Waals surface area (Å²) in [6, 6.07) is 0. The van der Waals surface area contributed by atoms with Gasteiger partial charge in [0.15, 0.2) is 0 Å². The average Bonchev–Trinajstić information content (AvgIpc) is 2.22. The van der Waals surface area contributed by atoms with E-state index < -0.39 is 31.0 Å². The number of hydrogen-bond donors (Lipinski definition) is 6. The van der Waals surface area contributed by atoms with Crippen LogP contribution in [0.5, 0.6) is 0 Å². The smallest absolute Gasteiger partial charge is 0.394 e. The average molecular weight is 213 g/mol. The fourth-order valence-electron chi connectivity index (χ4n) is 0.831. The third-order valence-electron chi connectivity index (χ3n) is 1.72. The Balaban J connectivity index is -0.000000845. The molecule has 7 nitrogen and oxygen atoms in total. The van der Waals surface area contributed by atoms with E-state index in [-0.39, 0.29) is 9.46 Å². The number of aliphatic hydroxyl groups excluding tert-OH is 5. The summed E-state index contributed by atoms with van der Waals surface area (Å²) in [5.41, 5.74) is 2.27. The largest absolute Gasteiger partial charge is 1.00 e. The van der Waals surface area contributed by atoms with Crippen LogP contribution in [-0.2, 0) is 4.84 Å². The van der Waals surface area contributed by atoms with Crippen LogP contribution in [0.1, 0.15) is 2.85 Å². The van der Waals surface area contributed by atoms with Gasteiger partial charge in [-0.1, -0.05) is 0 Å². The minimum atomic E-state index is -1.62. The van der Waals surface area contributed by atoms with Gasteiger partial charge in [-0.05, 0) is 0 Å². The third-order valence-corrected chi connectivity index (χ3v) is 1.72. The second kappa shape index (κ2) is 7.07. The number of hydroxylamine groups is 1. The molecule has 0 fully saturated rings. The first-order valence-electron chi connectivity index (χ1n) is 4.16. The molecule has 0 heterocycles. The van der Waals surface area contributed by atoms with Crippen LogP contribution in [0.15, 0.2) is 0 Å². The molecule has 0 spiro atoms. The standard InChI is InChI=1S/C7H17NO6/c1-8-14-3-5(11)7(13)6(12)4(10)2-9/h4-13H,2-3H2,1H3/p+2/t4-,5+,6-,7-/m1/s1. The monoisotopic (exact) mass is 213 g/mol. The number of nitrogens with one attached hydrogen (secondary N) is 1. The van der Waals surface area contributed by atoms with Crippen molar-refractivity contribution in [3.05, 3.63) is 0 Å². The molecule has 4 atom stereocenters. The van der Waals surface area contributed by atoms with Crippen molar-refractivity contribution in [1.29, 1.82) is 0 Å². The molecule has 0 aromatic heterocycles. The van der Waals surface area contributed by atoms with E-state index in [1.54, 1.807) is 0 Å². The van der Waals surface area contributed by atoms with Crippen LogP contribution in [-0.4, -0.2) is 70.2 Å². The van der Waals surface area contributed by atoms with Gasteiger partial charge in [-0.15, -0.1) is 0 Å².